The van der Waals surface area contributed by atoms with Crippen molar-refractivity contribution in [1.82, 2.24) is 28.9 Å². The molecule has 4 aromatic heterocycles. The Morgan fingerprint density at radius 1 is 1.18 bits per heavy atom. The number of imidazole rings is 2. The minimum Gasteiger partial charge on any atom is -0.324 e. The van der Waals surface area contributed by atoms with Crippen molar-refractivity contribution in [2.75, 3.05) is 0 Å². The van der Waals surface area contributed by atoms with Gasteiger partial charge in [0.1, 0.15) is 10.3 Å². The first-order valence-electron chi connectivity index (χ1n) is 6.63. The van der Waals surface area contributed by atoms with Gasteiger partial charge in [-0.2, -0.15) is 0 Å². The van der Waals surface area contributed by atoms with Crippen LogP contribution in [0.1, 0.15) is 10.7 Å². The highest BCUT2D eigenvalue weighted by Crippen LogP contribution is 2.23. The zero-order valence-electron chi connectivity index (χ0n) is 11.6. The fourth-order valence-corrected chi connectivity index (χ4v) is 3.39. The molecule has 4 rings (SSSR count). The maximum absolute atomic E-state index is 4.57. The maximum atomic E-state index is 4.57. The SMILES string of the molecule is Cc1nc(-c2nccn2Cc2nc3ncccn3c2Br)cs1. The van der Waals surface area contributed by atoms with Gasteiger partial charge in [-0.1, -0.05) is 0 Å². The molecule has 0 aliphatic carbocycles. The molecule has 0 aromatic carbocycles. The zero-order valence-corrected chi connectivity index (χ0v) is 14.0. The molecule has 0 spiro atoms. The van der Waals surface area contributed by atoms with Crippen molar-refractivity contribution < 1.29 is 0 Å². The molecule has 0 aliphatic rings. The number of fused-ring (bicyclic) bond motifs is 1. The van der Waals surface area contributed by atoms with E-state index in [-0.39, 0.29) is 0 Å². The van der Waals surface area contributed by atoms with Crippen LogP contribution in [0.4, 0.5) is 0 Å². The predicted octanol–water partition coefficient (Wildman–Crippen LogP) is 3.17. The Bertz CT molecular complexity index is 953. The first-order chi connectivity index (χ1) is 10.7. The molecule has 0 amide bonds. The summed E-state index contributed by atoms with van der Waals surface area (Å²) in [6.07, 6.45) is 7.39. The standard InChI is InChI=1S/C14H11BrN6S/c1-9-18-11(8-22-9)13-16-4-6-20(13)7-10-12(15)21-5-2-3-17-14(21)19-10/h2-6,8H,7H2,1H3. The lowest BCUT2D eigenvalue weighted by Crippen LogP contribution is -2.02. The number of hydrogen-bond acceptors (Lipinski definition) is 5. The zero-order chi connectivity index (χ0) is 15.1. The summed E-state index contributed by atoms with van der Waals surface area (Å²) in [4.78, 5) is 17.8. The van der Waals surface area contributed by atoms with Crippen LogP contribution in [0.15, 0.2) is 40.8 Å². The van der Waals surface area contributed by atoms with E-state index in [9.17, 15) is 0 Å². The second-order valence-electron chi connectivity index (χ2n) is 4.77. The normalized spacial score (nSPS) is 11.4. The average Bonchev–Trinajstić information content (AvgIpc) is 3.21. The highest BCUT2D eigenvalue weighted by molar-refractivity contribution is 9.10. The summed E-state index contributed by atoms with van der Waals surface area (Å²) < 4.78 is 4.87. The highest BCUT2D eigenvalue weighted by atomic mass is 79.9. The molecule has 0 unspecified atom stereocenters. The quantitative estimate of drug-likeness (QED) is 0.552. The minimum atomic E-state index is 0.607. The maximum Gasteiger partial charge on any atom is 0.234 e. The number of nitrogens with zero attached hydrogens (tertiary/aromatic N) is 6. The molecular formula is C14H11BrN6S. The van der Waals surface area contributed by atoms with Crippen molar-refractivity contribution >= 4 is 33.0 Å². The van der Waals surface area contributed by atoms with Crippen LogP contribution < -0.4 is 0 Å². The lowest BCUT2D eigenvalue weighted by molar-refractivity contribution is 0.781. The summed E-state index contributed by atoms with van der Waals surface area (Å²) in [6, 6.07) is 1.88. The van der Waals surface area contributed by atoms with E-state index in [4.69, 9.17) is 0 Å². The van der Waals surface area contributed by atoms with Gasteiger partial charge in [0, 0.05) is 30.2 Å². The van der Waals surface area contributed by atoms with Crippen LogP contribution >= 0.6 is 27.3 Å². The summed E-state index contributed by atoms with van der Waals surface area (Å²) >= 11 is 5.22. The van der Waals surface area contributed by atoms with Gasteiger partial charge in [0.15, 0.2) is 5.82 Å². The van der Waals surface area contributed by atoms with Crippen LogP contribution in [-0.4, -0.2) is 28.9 Å². The molecule has 8 heteroatoms. The molecule has 4 heterocycles. The second kappa shape index (κ2) is 5.29. The fourth-order valence-electron chi connectivity index (χ4n) is 2.30. The summed E-state index contributed by atoms with van der Waals surface area (Å²) in [5, 5.41) is 3.05. The predicted molar refractivity (Wildman–Crippen MR) is 87.9 cm³/mol. The molecule has 0 saturated heterocycles. The molecule has 110 valence electrons. The van der Waals surface area contributed by atoms with Crippen molar-refractivity contribution in [1.29, 1.82) is 0 Å². The molecule has 22 heavy (non-hydrogen) atoms. The first-order valence-corrected chi connectivity index (χ1v) is 8.31. The van der Waals surface area contributed by atoms with Gasteiger partial charge < -0.3 is 4.57 Å². The largest absolute Gasteiger partial charge is 0.324 e. The number of aromatic nitrogens is 6. The van der Waals surface area contributed by atoms with Crippen LogP contribution in [-0.2, 0) is 6.54 Å². The van der Waals surface area contributed by atoms with Gasteiger partial charge in [0.2, 0.25) is 5.78 Å². The van der Waals surface area contributed by atoms with Crippen molar-refractivity contribution in [2.45, 2.75) is 13.5 Å². The minimum absolute atomic E-state index is 0.607. The van der Waals surface area contributed by atoms with Gasteiger partial charge in [-0.25, -0.2) is 19.9 Å². The molecule has 6 nitrogen and oxygen atoms in total. The van der Waals surface area contributed by atoms with E-state index in [1.807, 2.05) is 39.7 Å². The van der Waals surface area contributed by atoms with Gasteiger partial charge in [0.25, 0.3) is 0 Å². The Hall–Kier alpha value is -2.06. The van der Waals surface area contributed by atoms with Crippen LogP contribution in [0, 0.1) is 6.92 Å². The Kier molecular flexibility index (Phi) is 3.27. The smallest absolute Gasteiger partial charge is 0.234 e. The molecule has 0 saturated carbocycles. The summed E-state index contributed by atoms with van der Waals surface area (Å²) in [6.45, 7) is 2.60. The third-order valence-corrected chi connectivity index (χ3v) is 4.91. The Balaban J connectivity index is 1.74. The van der Waals surface area contributed by atoms with Gasteiger partial charge in [-0.15, -0.1) is 11.3 Å². The van der Waals surface area contributed by atoms with Crippen molar-refractivity contribution in [3.05, 3.63) is 51.5 Å². The van der Waals surface area contributed by atoms with Crippen molar-refractivity contribution in [3.8, 4) is 11.5 Å². The van der Waals surface area contributed by atoms with E-state index in [1.165, 1.54) is 0 Å². The topological polar surface area (TPSA) is 60.9 Å². The summed E-state index contributed by atoms with van der Waals surface area (Å²) in [5.74, 6) is 1.52. The highest BCUT2D eigenvalue weighted by Gasteiger charge is 2.14. The number of halogens is 1. The number of thiazole rings is 1. The fraction of sp³-hybridized carbons (Fsp3) is 0.143. The molecule has 0 radical (unpaired) electrons. The third-order valence-electron chi connectivity index (χ3n) is 3.29. The Morgan fingerprint density at radius 3 is 2.86 bits per heavy atom. The summed E-state index contributed by atoms with van der Waals surface area (Å²) in [7, 11) is 0. The van der Waals surface area contributed by atoms with Crippen molar-refractivity contribution in [2.24, 2.45) is 0 Å². The monoisotopic (exact) mass is 374 g/mol. The number of hydrogen-bond donors (Lipinski definition) is 0. The Labute approximate surface area is 138 Å². The molecule has 0 atom stereocenters. The van der Waals surface area contributed by atoms with Crippen LogP contribution in [0.3, 0.4) is 0 Å². The molecule has 0 N–H and O–H groups in total. The Morgan fingerprint density at radius 2 is 2.09 bits per heavy atom. The first kappa shape index (κ1) is 13.6. The van der Waals surface area contributed by atoms with Crippen LogP contribution in [0.25, 0.3) is 17.3 Å². The van der Waals surface area contributed by atoms with E-state index in [1.54, 1.807) is 23.7 Å². The van der Waals surface area contributed by atoms with E-state index < -0.39 is 0 Å². The summed E-state index contributed by atoms with van der Waals surface area (Å²) in [5.41, 5.74) is 1.80. The molecule has 4 aromatic rings. The van der Waals surface area contributed by atoms with E-state index >= 15 is 0 Å². The molecular weight excluding hydrogens is 364 g/mol. The van der Waals surface area contributed by atoms with Gasteiger partial charge in [-0.3, -0.25) is 4.40 Å². The number of rotatable bonds is 3. The molecule has 0 aliphatic heterocycles. The third kappa shape index (κ3) is 2.24. The van der Waals surface area contributed by atoms with E-state index in [0.29, 0.717) is 12.3 Å². The molecule has 0 fully saturated rings. The van der Waals surface area contributed by atoms with Gasteiger partial charge in [0.05, 0.1) is 17.2 Å². The average molecular weight is 375 g/mol. The van der Waals surface area contributed by atoms with Gasteiger partial charge >= 0.3 is 0 Å². The van der Waals surface area contributed by atoms with Crippen LogP contribution in [0.5, 0.6) is 0 Å². The lowest BCUT2D eigenvalue weighted by atomic mass is 10.4. The van der Waals surface area contributed by atoms with E-state index in [0.717, 1.165) is 26.8 Å². The van der Waals surface area contributed by atoms with Crippen molar-refractivity contribution in [3.63, 3.8) is 0 Å². The lowest BCUT2D eigenvalue weighted by Gasteiger charge is -2.04. The van der Waals surface area contributed by atoms with Gasteiger partial charge in [-0.05, 0) is 28.9 Å². The van der Waals surface area contributed by atoms with Crippen LogP contribution in [0.2, 0.25) is 0 Å². The molecule has 0 bridgehead atoms. The number of aryl methyl sites for hydroxylation is 1. The van der Waals surface area contributed by atoms with E-state index in [2.05, 4.69) is 35.9 Å². The second-order valence-corrected chi connectivity index (χ2v) is 6.58.